The van der Waals surface area contributed by atoms with Crippen molar-refractivity contribution >= 4 is 11.3 Å². The van der Waals surface area contributed by atoms with Crippen molar-refractivity contribution in [3.63, 3.8) is 0 Å². The molecular weight excluding hydrogens is 256 g/mol. The molecule has 0 aliphatic carbocycles. The van der Waals surface area contributed by atoms with Crippen molar-refractivity contribution in [2.24, 2.45) is 5.92 Å². The zero-order valence-corrected chi connectivity index (χ0v) is 12.4. The quantitative estimate of drug-likeness (QED) is 0.893. The summed E-state index contributed by atoms with van der Waals surface area (Å²) in [6.07, 6.45) is 0.468. The van der Waals surface area contributed by atoms with E-state index in [1.807, 2.05) is 23.6 Å². The van der Waals surface area contributed by atoms with Gasteiger partial charge in [0.15, 0.2) is 0 Å². The molecule has 0 spiro atoms. The van der Waals surface area contributed by atoms with Crippen LogP contribution in [0.15, 0.2) is 35.7 Å². The number of thiophene rings is 1. The van der Waals surface area contributed by atoms with Crippen molar-refractivity contribution in [3.8, 4) is 5.75 Å². The van der Waals surface area contributed by atoms with Crippen LogP contribution in [-0.4, -0.2) is 12.2 Å². The summed E-state index contributed by atoms with van der Waals surface area (Å²) in [5.74, 6) is 1.42. The van der Waals surface area contributed by atoms with Crippen molar-refractivity contribution in [1.29, 1.82) is 0 Å². The SMILES string of the molecule is COc1csc(C(O)c2cccc(CC(C)C)c2)c1. The van der Waals surface area contributed by atoms with E-state index in [4.69, 9.17) is 4.74 Å². The Morgan fingerprint density at radius 2 is 2.05 bits per heavy atom. The van der Waals surface area contributed by atoms with Gasteiger partial charge in [0.25, 0.3) is 0 Å². The molecule has 2 rings (SSSR count). The van der Waals surface area contributed by atoms with Gasteiger partial charge in [0.05, 0.1) is 7.11 Å². The van der Waals surface area contributed by atoms with Gasteiger partial charge in [-0.25, -0.2) is 0 Å². The highest BCUT2D eigenvalue weighted by Gasteiger charge is 2.14. The highest BCUT2D eigenvalue weighted by atomic mass is 32.1. The number of hydrogen-bond acceptors (Lipinski definition) is 3. The molecule has 1 aromatic carbocycles. The molecule has 0 aliphatic rings. The molecule has 2 aromatic rings. The molecule has 0 saturated carbocycles. The van der Waals surface area contributed by atoms with Gasteiger partial charge in [0.2, 0.25) is 0 Å². The predicted octanol–water partition coefficient (Wildman–Crippen LogP) is 4.04. The van der Waals surface area contributed by atoms with E-state index in [-0.39, 0.29) is 0 Å². The topological polar surface area (TPSA) is 29.5 Å². The molecule has 19 heavy (non-hydrogen) atoms. The van der Waals surface area contributed by atoms with E-state index in [0.29, 0.717) is 5.92 Å². The van der Waals surface area contributed by atoms with Gasteiger partial charge in [-0.15, -0.1) is 11.3 Å². The number of aliphatic hydroxyl groups excluding tert-OH is 1. The molecule has 1 aromatic heterocycles. The maximum Gasteiger partial charge on any atom is 0.129 e. The van der Waals surface area contributed by atoms with Gasteiger partial charge in [-0.2, -0.15) is 0 Å². The summed E-state index contributed by atoms with van der Waals surface area (Å²) in [6.45, 7) is 4.40. The summed E-state index contributed by atoms with van der Waals surface area (Å²) in [5, 5.41) is 12.3. The fourth-order valence-corrected chi connectivity index (χ4v) is 2.98. The van der Waals surface area contributed by atoms with Gasteiger partial charge in [0, 0.05) is 10.3 Å². The first-order chi connectivity index (χ1) is 9.10. The summed E-state index contributed by atoms with van der Waals surface area (Å²) >= 11 is 1.52. The molecule has 1 unspecified atom stereocenters. The number of ether oxygens (including phenoxy) is 1. The smallest absolute Gasteiger partial charge is 0.129 e. The Hall–Kier alpha value is -1.32. The van der Waals surface area contributed by atoms with E-state index in [0.717, 1.165) is 22.6 Å². The lowest BCUT2D eigenvalue weighted by Gasteiger charge is -2.11. The molecule has 1 atom stereocenters. The predicted molar refractivity (Wildman–Crippen MR) is 79.9 cm³/mol. The number of rotatable bonds is 5. The first-order valence-corrected chi connectivity index (χ1v) is 7.37. The Bertz CT molecular complexity index is 531. The lowest BCUT2D eigenvalue weighted by Crippen LogP contribution is -2.00. The van der Waals surface area contributed by atoms with Crippen LogP contribution in [0.2, 0.25) is 0 Å². The molecule has 0 bridgehead atoms. The van der Waals surface area contributed by atoms with Crippen LogP contribution in [0.1, 0.15) is 36.0 Å². The van der Waals surface area contributed by atoms with Crippen LogP contribution in [-0.2, 0) is 6.42 Å². The Morgan fingerprint density at radius 3 is 2.68 bits per heavy atom. The van der Waals surface area contributed by atoms with Gasteiger partial charge in [0.1, 0.15) is 11.9 Å². The molecular formula is C16H20O2S. The Balaban J connectivity index is 2.20. The summed E-state index contributed by atoms with van der Waals surface area (Å²) < 4.78 is 5.16. The van der Waals surface area contributed by atoms with E-state index < -0.39 is 6.10 Å². The Labute approximate surface area is 118 Å². The molecule has 0 aliphatic heterocycles. The van der Waals surface area contributed by atoms with Crippen molar-refractivity contribution in [3.05, 3.63) is 51.7 Å². The standard InChI is InChI=1S/C16H20O2S/c1-11(2)7-12-5-4-6-13(8-12)16(17)15-9-14(18-3)10-19-15/h4-6,8-11,16-17H,7H2,1-3H3. The highest BCUT2D eigenvalue weighted by molar-refractivity contribution is 7.10. The van der Waals surface area contributed by atoms with Crippen LogP contribution in [0.3, 0.4) is 0 Å². The second-order valence-corrected chi connectivity index (χ2v) is 6.08. The summed E-state index contributed by atoms with van der Waals surface area (Å²) in [4.78, 5) is 0.915. The first-order valence-electron chi connectivity index (χ1n) is 6.49. The molecule has 1 N–H and O–H groups in total. The largest absolute Gasteiger partial charge is 0.496 e. The van der Waals surface area contributed by atoms with Crippen LogP contribution in [0.5, 0.6) is 5.75 Å². The molecule has 0 amide bonds. The molecule has 1 heterocycles. The minimum atomic E-state index is -0.569. The third-order valence-corrected chi connectivity index (χ3v) is 3.98. The second-order valence-electron chi connectivity index (χ2n) is 5.13. The van der Waals surface area contributed by atoms with Gasteiger partial charge in [-0.3, -0.25) is 0 Å². The highest BCUT2D eigenvalue weighted by Crippen LogP contribution is 2.31. The molecule has 0 fully saturated rings. The van der Waals surface area contributed by atoms with Crippen molar-refractivity contribution in [1.82, 2.24) is 0 Å². The van der Waals surface area contributed by atoms with Gasteiger partial charge in [-0.05, 0) is 29.5 Å². The van der Waals surface area contributed by atoms with E-state index in [9.17, 15) is 5.11 Å². The first kappa shape index (κ1) is 14.1. The van der Waals surface area contributed by atoms with Crippen LogP contribution in [0.25, 0.3) is 0 Å². The summed E-state index contributed by atoms with van der Waals surface area (Å²) in [6, 6.07) is 10.1. The molecule has 0 saturated heterocycles. The Kier molecular flexibility index (Phi) is 4.61. The van der Waals surface area contributed by atoms with Crippen molar-refractivity contribution in [2.75, 3.05) is 7.11 Å². The lowest BCUT2D eigenvalue weighted by molar-refractivity contribution is 0.223. The molecule has 0 radical (unpaired) electrons. The maximum absolute atomic E-state index is 10.4. The third-order valence-electron chi connectivity index (χ3n) is 3.01. The van der Waals surface area contributed by atoms with Gasteiger partial charge >= 0.3 is 0 Å². The van der Waals surface area contributed by atoms with Crippen LogP contribution >= 0.6 is 11.3 Å². The Morgan fingerprint density at radius 1 is 1.26 bits per heavy atom. The average Bonchev–Trinajstić information content (AvgIpc) is 2.86. The minimum Gasteiger partial charge on any atom is -0.496 e. The fraction of sp³-hybridized carbons (Fsp3) is 0.375. The third kappa shape index (κ3) is 3.58. The van der Waals surface area contributed by atoms with Crippen LogP contribution in [0, 0.1) is 5.92 Å². The summed E-state index contributed by atoms with van der Waals surface area (Å²) in [7, 11) is 1.64. The second kappa shape index (κ2) is 6.22. The minimum absolute atomic E-state index is 0.569. The molecule has 2 nitrogen and oxygen atoms in total. The van der Waals surface area contributed by atoms with Gasteiger partial charge in [-0.1, -0.05) is 38.1 Å². The molecule has 3 heteroatoms. The molecule has 102 valence electrons. The lowest BCUT2D eigenvalue weighted by atomic mass is 9.99. The monoisotopic (exact) mass is 276 g/mol. The van der Waals surface area contributed by atoms with E-state index in [2.05, 4.69) is 26.0 Å². The zero-order chi connectivity index (χ0) is 13.8. The van der Waals surface area contributed by atoms with Crippen LogP contribution in [0.4, 0.5) is 0 Å². The van der Waals surface area contributed by atoms with Gasteiger partial charge < -0.3 is 9.84 Å². The zero-order valence-electron chi connectivity index (χ0n) is 11.6. The number of aliphatic hydroxyl groups is 1. The fourth-order valence-electron chi connectivity index (χ4n) is 2.11. The number of hydrogen-bond donors (Lipinski definition) is 1. The van der Waals surface area contributed by atoms with E-state index >= 15 is 0 Å². The average molecular weight is 276 g/mol. The number of benzene rings is 1. The van der Waals surface area contributed by atoms with Crippen molar-refractivity contribution in [2.45, 2.75) is 26.4 Å². The van der Waals surface area contributed by atoms with Crippen LogP contribution < -0.4 is 4.74 Å². The van der Waals surface area contributed by atoms with E-state index in [1.165, 1.54) is 16.9 Å². The summed E-state index contributed by atoms with van der Waals surface area (Å²) in [5.41, 5.74) is 2.22. The normalized spacial score (nSPS) is 12.7. The number of methoxy groups -OCH3 is 1. The maximum atomic E-state index is 10.4. The van der Waals surface area contributed by atoms with Crippen molar-refractivity contribution < 1.29 is 9.84 Å². The van der Waals surface area contributed by atoms with E-state index in [1.54, 1.807) is 7.11 Å².